The number of ether oxygens (including phenoxy) is 1. The van der Waals surface area contributed by atoms with E-state index in [9.17, 15) is 4.79 Å². The Balaban J connectivity index is 0.976. The smallest absolute Gasteiger partial charge is 0.252 e. The number of carbonyl (C=O) groups is 1. The molecule has 2 aliphatic heterocycles. The van der Waals surface area contributed by atoms with Gasteiger partial charge in [-0.05, 0) is 79.8 Å². The Bertz CT molecular complexity index is 1020. The van der Waals surface area contributed by atoms with E-state index in [0.717, 1.165) is 68.9 Å². The van der Waals surface area contributed by atoms with E-state index in [1.165, 1.54) is 31.4 Å². The minimum atomic E-state index is -0.0495. The second kappa shape index (κ2) is 8.11. The molecule has 2 aliphatic carbocycles. The molecular formula is C27H33N3O2. The second-order valence-corrected chi connectivity index (χ2v) is 9.90. The van der Waals surface area contributed by atoms with Crippen molar-refractivity contribution in [3.63, 3.8) is 0 Å². The zero-order valence-electron chi connectivity index (χ0n) is 18.9. The van der Waals surface area contributed by atoms with Gasteiger partial charge in [-0.2, -0.15) is 0 Å². The van der Waals surface area contributed by atoms with Crippen LogP contribution in [0.25, 0.3) is 0 Å². The van der Waals surface area contributed by atoms with E-state index in [2.05, 4.69) is 39.4 Å². The average Bonchev–Trinajstić information content (AvgIpc) is 3.56. The van der Waals surface area contributed by atoms with Gasteiger partial charge in [0.05, 0.1) is 12.1 Å². The molecule has 4 aliphatic rings. The van der Waals surface area contributed by atoms with Crippen molar-refractivity contribution in [1.82, 2.24) is 10.2 Å². The molecule has 0 bridgehead atoms. The molecule has 6 rings (SSSR count). The molecule has 1 spiro atoms. The fourth-order valence-electron chi connectivity index (χ4n) is 5.84. The highest BCUT2D eigenvalue weighted by atomic mass is 16.5. The van der Waals surface area contributed by atoms with Gasteiger partial charge < -0.3 is 15.0 Å². The molecular weight excluding hydrogens is 398 g/mol. The van der Waals surface area contributed by atoms with Gasteiger partial charge in [-0.1, -0.05) is 18.2 Å². The first-order valence-electron chi connectivity index (χ1n) is 12.4. The summed E-state index contributed by atoms with van der Waals surface area (Å²) in [5, 5.41) is 3.13. The zero-order chi connectivity index (χ0) is 21.5. The predicted molar refractivity (Wildman–Crippen MR) is 127 cm³/mol. The number of benzene rings is 2. The highest BCUT2D eigenvalue weighted by Crippen LogP contribution is 2.50. The maximum absolute atomic E-state index is 12.2. The summed E-state index contributed by atoms with van der Waals surface area (Å²) < 4.78 is 5.99. The molecule has 5 heteroatoms. The van der Waals surface area contributed by atoms with Crippen LogP contribution in [0.3, 0.4) is 0 Å². The third kappa shape index (κ3) is 3.66. The summed E-state index contributed by atoms with van der Waals surface area (Å²) in [6, 6.07) is 12.9. The lowest BCUT2D eigenvalue weighted by molar-refractivity contribution is 0.0952. The first kappa shape index (κ1) is 20.1. The van der Waals surface area contributed by atoms with E-state index in [4.69, 9.17) is 4.74 Å². The van der Waals surface area contributed by atoms with Crippen molar-refractivity contribution < 1.29 is 9.53 Å². The van der Waals surface area contributed by atoms with Gasteiger partial charge in [-0.25, -0.2) is 0 Å². The Labute approximate surface area is 190 Å². The molecule has 0 unspecified atom stereocenters. The van der Waals surface area contributed by atoms with Crippen LogP contribution >= 0.6 is 0 Å². The Hall–Kier alpha value is -2.53. The monoisotopic (exact) mass is 431 g/mol. The molecule has 2 heterocycles. The first-order chi connectivity index (χ1) is 15.7. The molecule has 0 aromatic heterocycles. The molecule has 168 valence electrons. The van der Waals surface area contributed by atoms with Crippen LogP contribution in [0.1, 0.15) is 59.2 Å². The van der Waals surface area contributed by atoms with Gasteiger partial charge in [-0.15, -0.1) is 0 Å². The van der Waals surface area contributed by atoms with Gasteiger partial charge in [0, 0.05) is 44.0 Å². The number of hydrogen-bond donors (Lipinski definition) is 1. The number of rotatable bonds is 6. The van der Waals surface area contributed by atoms with Crippen molar-refractivity contribution in [2.24, 2.45) is 0 Å². The molecule has 0 atom stereocenters. The molecule has 1 saturated heterocycles. The molecule has 1 amide bonds. The Morgan fingerprint density at radius 3 is 2.69 bits per heavy atom. The topological polar surface area (TPSA) is 44.8 Å². The summed E-state index contributed by atoms with van der Waals surface area (Å²) in [4.78, 5) is 17.4. The van der Waals surface area contributed by atoms with Crippen LogP contribution in [0.4, 0.5) is 5.69 Å². The summed E-state index contributed by atoms with van der Waals surface area (Å²) in [5.74, 6) is 0.871. The van der Waals surface area contributed by atoms with Gasteiger partial charge >= 0.3 is 0 Å². The van der Waals surface area contributed by atoms with E-state index in [1.807, 2.05) is 12.1 Å². The van der Waals surface area contributed by atoms with Gasteiger partial charge in [-0.3, -0.25) is 9.69 Å². The summed E-state index contributed by atoms with van der Waals surface area (Å²) in [5.41, 5.74) is 6.58. The highest BCUT2D eigenvalue weighted by molar-refractivity contribution is 6.01. The molecule has 1 saturated carbocycles. The van der Waals surface area contributed by atoms with Gasteiger partial charge in [0.15, 0.2) is 0 Å². The lowest BCUT2D eigenvalue weighted by atomic mass is 9.90. The van der Waals surface area contributed by atoms with Crippen LogP contribution < -0.4 is 15.0 Å². The lowest BCUT2D eigenvalue weighted by Gasteiger charge is -2.38. The van der Waals surface area contributed by atoms with Crippen molar-refractivity contribution in [3.05, 3.63) is 58.7 Å². The Kier molecular flexibility index (Phi) is 5.09. The number of carbonyl (C=O) groups excluding carboxylic acids is 1. The maximum Gasteiger partial charge on any atom is 0.252 e. The Morgan fingerprint density at radius 2 is 1.84 bits per heavy atom. The fraction of sp³-hybridized carbons (Fsp3) is 0.519. The number of fused-ring (bicyclic) bond motifs is 3. The SMILES string of the molecule is O=C1NC2(CC2)c2ccc(OCCCN3CCN(c4cccc5c4CCCC5)CC3)cc21. The molecule has 1 N–H and O–H groups in total. The number of aryl methyl sites for hydroxylation is 1. The minimum absolute atomic E-state index is 0.0495. The van der Waals surface area contributed by atoms with Gasteiger partial charge in [0.2, 0.25) is 0 Å². The number of amides is 1. The number of nitrogens with one attached hydrogen (secondary N) is 1. The van der Waals surface area contributed by atoms with Crippen LogP contribution in [0.15, 0.2) is 36.4 Å². The van der Waals surface area contributed by atoms with E-state index < -0.39 is 0 Å². The fourth-order valence-corrected chi connectivity index (χ4v) is 5.84. The van der Waals surface area contributed by atoms with Crippen LogP contribution in [-0.4, -0.2) is 50.1 Å². The average molecular weight is 432 g/mol. The number of anilines is 1. The summed E-state index contributed by atoms with van der Waals surface area (Å²) in [6.45, 7) is 6.21. The summed E-state index contributed by atoms with van der Waals surface area (Å²) in [6.07, 6.45) is 8.30. The van der Waals surface area contributed by atoms with Crippen molar-refractivity contribution in [2.75, 3.05) is 44.2 Å². The number of nitrogens with zero attached hydrogens (tertiary/aromatic N) is 2. The van der Waals surface area contributed by atoms with E-state index in [-0.39, 0.29) is 11.4 Å². The van der Waals surface area contributed by atoms with Crippen molar-refractivity contribution in [1.29, 1.82) is 0 Å². The van der Waals surface area contributed by atoms with Gasteiger partial charge in [0.1, 0.15) is 5.75 Å². The normalized spacial score (nSPS) is 21.2. The van der Waals surface area contributed by atoms with Crippen molar-refractivity contribution in [2.45, 2.75) is 50.5 Å². The summed E-state index contributed by atoms with van der Waals surface area (Å²) in [7, 11) is 0. The third-order valence-electron chi connectivity index (χ3n) is 7.83. The van der Waals surface area contributed by atoms with Crippen LogP contribution in [0, 0.1) is 0 Å². The molecule has 5 nitrogen and oxygen atoms in total. The molecule has 2 fully saturated rings. The zero-order valence-corrected chi connectivity index (χ0v) is 18.9. The first-order valence-corrected chi connectivity index (χ1v) is 12.4. The molecule has 2 aromatic carbocycles. The minimum Gasteiger partial charge on any atom is -0.494 e. The largest absolute Gasteiger partial charge is 0.494 e. The van der Waals surface area contributed by atoms with E-state index >= 15 is 0 Å². The van der Waals surface area contributed by atoms with Crippen molar-refractivity contribution in [3.8, 4) is 5.75 Å². The Morgan fingerprint density at radius 1 is 1.00 bits per heavy atom. The van der Waals surface area contributed by atoms with E-state index in [1.54, 1.807) is 11.1 Å². The molecule has 32 heavy (non-hydrogen) atoms. The lowest BCUT2D eigenvalue weighted by Crippen LogP contribution is -2.47. The standard InChI is InChI=1S/C27H33N3O2/c31-26-23-19-21(9-10-24(23)27(28-26)11-12-27)32-18-4-13-29-14-16-30(17-15-29)25-8-3-6-20-5-1-2-7-22(20)25/h3,6,8-10,19H,1-2,4-5,7,11-18H2,(H,28,31). The predicted octanol–water partition coefficient (Wildman–Crippen LogP) is 3.89. The van der Waals surface area contributed by atoms with Crippen LogP contribution in [0.2, 0.25) is 0 Å². The van der Waals surface area contributed by atoms with Crippen LogP contribution in [0.5, 0.6) is 5.75 Å². The molecule has 0 radical (unpaired) electrons. The molecule has 2 aromatic rings. The summed E-state index contributed by atoms with van der Waals surface area (Å²) >= 11 is 0. The highest BCUT2D eigenvalue weighted by Gasteiger charge is 2.52. The van der Waals surface area contributed by atoms with Crippen molar-refractivity contribution >= 4 is 11.6 Å². The second-order valence-electron chi connectivity index (χ2n) is 9.90. The number of hydrogen-bond acceptors (Lipinski definition) is 4. The quantitative estimate of drug-likeness (QED) is 0.705. The number of piperazine rings is 1. The van der Waals surface area contributed by atoms with E-state index in [0.29, 0.717) is 6.61 Å². The van der Waals surface area contributed by atoms with Gasteiger partial charge in [0.25, 0.3) is 5.91 Å². The maximum atomic E-state index is 12.2. The van der Waals surface area contributed by atoms with Crippen LogP contribution in [-0.2, 0) is 18.4 Å². The third-order valence-corrected chi connectivity index (χ3v) is 7.83.